The van der Waals surface area contributed by atoms with Crippen molar-refractivity contribution in [3.8, 4) is 5.75 Å². The molecule has 29 heavy (non-hydrogen) atoms. The Labute approximate surface area is 170 Å². The van der Waals surface area contributed by atoms with Crippen LogP contribution in [-0.2, 0) is 27.4 Å². The van der Waals surface area contributed by atoms with E-state index >= 15 is 0 Å². The van der Waals surface area contributed by atoms with Crippen molar-refractivity contribution in [2.75, 3.05) is 13.2 Å². The van der Waals surface area contributed by atoms with Gasteiger partial charge in [0.25, 0.3) is 0 Å². The van der Waals surface area contributed by atoms with Crippen LogP contribution in [-0.4, -0.2) is 30.1 Å². The summed E-state index contributed by atoms with van der Waals surface area (Å²) in [7, 11) is 0. The van der Waals surface area contributed by atoms with Gasteiger partial charge in [0.1, 0.15) is 17.6 Å². The number of hydrogen-bond acceptors (Lipinski definition) is 5. The van der Waals surface area contributed by atoms with Crippen LogP contribution in [0, 0.1) is 5.82 Å². The lowest BCUT2D eigenvalue weighted by Crippen LogP contribution is -2.45. The number of ether oxygens (including phenoxy) is 3. The quantitative estimate of drug-likeness (QED) is 0.700. The number of fused-ring (bicyclic) bond motifs is 1. The molecular formula is C23H26FNO4. The summed E-state index contributed by atoms with van der Waals surface area (Å²) < 4.78 is 31.5. The Morgan fingerprint density at radius 3 is 2.86 bits per heavy atom. The standard InChI is InChI=1S/C23H26FNO4/c1-2-27-22(26)20-10-6-7-11-25(20)14-17-12-19(24)13-18-15-28-23(29-21(17)18)16-8-4-3-5-9-16/h3-5,8-9,12-13,20,23H,2,6-7,10-11,14-15H2,1H3/t20-,23+/m1/s1. The van der Waals surface area contributed by atoms with E-state index in [1.54, 1.807) is 0 Å². The zero-order valence-electron chi connectivity index (χ0n) is 16.6. The van der Waals surface area contributed by atoms with Gasteiger partial charge in [-0.3, -0.25) is 9.69 Å². The second-order valence-electron chi connectivity index (χ2n) is 7.46. The maximum absolute atomic E-state index is 14.3. The number of piperidine rings is 1. The Morgan fingerprint density at radius 1 is 1.24 bits per heavy atom. The van der Waals surface area contributed by atoms with E-state index in [1.807, 2.05) is 37.3 Å². The number of carbonyl (C=O) groups is 1. The maximum atomic E-state index is 14.3. The zero-order valence-corrected chi connectivity index (χ0v) is 16.6. The third-order valence-corrected chi connectivity index (χ3v) is 5.44. The van der Waals surface area contributed by atoms with Crippen molar-refractivity contribution in [1.82, 2.24) is 4.90 Å². The van der Waals surface area contributed by atoms with Crippen LogP contribution in [0.25, 0.3) is 0 Å². The molecule has 0 unspecified atom stereocenters. The smallest absolute Gasteiger partial charge is 0.323 e. The van der Waals surface area contributed by atoms with Crippen LogP contribution < -0.4 is 4.74 Å². The first-order valence-corrected chi connectivity index (χ1v) is 10.2. The fraction of sp³-hybridized carbons (Fsp3) is 0.435. The normalized spacial score (nSPS) is 21.9. The topological polar surface area (TPSA) is 48.0 Å². The highest BCUT2D eigenvalue weighted by molar-refractivity contribution is 5.75. The monoisotopic (exact) mass is 399 g/mol. The number of esters is 1. The molecule has 0 saturated carbocycles. The van der Waals surface area contributed by atoms with Gasteiger partial charge in [0, 0.05) is 23.2 Å². The van der Waals surface area contributed by atoms with Gasteiger partial charge in [-0.25, -0.2) is 4.39 Å². The van der Waals surface area contributed by atoms with Gasteiger partial charge in [-0.15, -0.1) is 0 Å². The van der Waals surface area contributed by atoms with E-state index in [2.05, 4.69) is 4.90 Å². The maximum Gasteiger partial charge on any atom is 0.323 e. The number of likely N-dealkylation sites (tertiary alicyclic amines) is 1. The molecule has 0 aliphatic carbocycles. The lowest BCUT2D eigenvalue weighted by atomic mass is 10.00. The summed E-state index contributed by atoms with van der Waals surface area (Å²) in [4.78, 5) is 14.5. The molecule has 2 aliphatic rings. The number of carbonyl (C=O) groups excluding carboxylic acids is 1. The molecule has 5 nitrogen and oxygen atoms in total. The van der Waals surface area contributed by atoms with Crippen molar-refractivity contribution < 1.29 is 23.4 Å². The fourth-order valence-electron chi connectivity index (χ4n) is 4.07. The fourth-order valence-corrected chi connectivity index (χ4v) is 4.07. The van der Waals surface area contributed by atoms with E-state index in [9.17, 15) is 9.18 Å². The summed E-state index contributed by atoms with van der Waals surface area (Å²) in [5.41, 5.74) is 2.34. The molecule has 0 spiro atoms. The first kappa shape index (κ1) is 19.9. The average molecular weight is 399 g/mol. The number of nitrogens with zero attached hydrogens (tertiary/aromatic N) is 1. The molecule has 0 aromatic heterocycles. The SMILES string of the molecule is CCOC(=O)[C@H]1CCCCN1Cc1cc(F)cc2c1O[C@@H](c1ccccc1)OC2. The molecular weight excluding hydrogens is 373 g/mol. The minimum atomic E-state index is -0.532. The van der Waals surface area contributed by atoms with Crippen LogP contribution in [0.1, 0.15) is 49.2 Å². The molecule has 2 aromatic rings. The van der Waals surface area contributed by atoms with Gasteiger partial charge in [-0.1, -0.05) is 36.8 Å². The van der Waals surface area contributed by atoms with E-state index in [0.29, 0.717) is 24.5 Å². The second kappa shape index (κ2) is 8.93. The molecule has 0 amide bonds. The third-order valence-electron chi connectivity index (χ3n) is 5.44. The van der Waals surface area contributed by atoms with Gasteiger partial charge in [0.2, 0.25) is 6.29 Å². The van der Waals surface area contributed by atoms with Crippen molar-refractivity contribution >= 4 is 5.97 Å². The second-order valence-corrected chi connectivity index (χ2v) is 7.46. The lowest BCUT2D eigenvalue weighted by molar-refractivity contribution is -0.151. The summed E-state index contributed by atoms with van der Waals surface area (Å²) in [6.07, 6.45) is 2.22. The molecule has 0 N–H and O–H groups in total. The van der Waals surface area contributed by atoms with Crippen LogP contribution in [0.15, 0.2) is 42.5 Å². The molecule has 2 aromatic carbocycles. The van der Waals surface area contributed by atoms with E-state index < -0.39 is 6.29 Å². The summed E-state index contributed by atoms with van der Waals surface area (Å²) in [5.74, 6) is 0.123. The van der Waals surface area contributed by atoms with Gasteiger partial charge in [0.05, 0.1) is 13.2 Å². The predicted molar refractivity (Wildman–Crippen MR) is 106 cm³/mol. The summed E-state index contributed by atoms with van der Waals surface area (Å²) in [6.45, 7) is 3.66. The molecule has 0 bridgehead atoms. The summed E-state index contributed by atoms with van der Waals surface area (Å²) in [5, 5.41) is 0. The molecule has 2 aliphatic heterocycles. The van der Waals surface area contributed by atoms with Crippen LogP contribution in [0.3, 0.4) is 0 Å². The average Bonchev–Trinajstić information content (AvgIpc) is 2.74. The van der Waals surface area contributed by atoms with Crippen LogP contribution in [0.5, 0.6) is 5.75 Å². The Hall–Kier alpha value is -2.44. The number of hydrogen-bond donors (Lipinski definition) is 0. The first-order chi connectivity index (χ1) is 14.2. The van der Waals surface area contributed by atoms with Crippen molar-refractivity contribution in [2.24, 2.45) is 0 Å². The molecule has 2 atom stereocenters. The highest BCUT2D eigenvalue weighted by Crippen LogP contribution is 2.37. The first-order valence-electron chi connectivity index (χ1n) is 10.2. The largest absolute Gasteiger partial charge is 0.465 e. The number of rotatable bonds is 5. The van der Waals surface area contributed by atoms with Gasteiger partial charge in [0.15, 0.2) is 0 Å². The Kier molecular flexibility index (Phi) is 6.11. The number of benzene rings is 2. The lowest BCUT2D eigenvalue weighted by Gasteiger charge is -2.35. The Bertz CT molecular complexity index is 857. The zero-order chi connectivity index (χ0) is 20.2. The van der Waals surface area contributed by atoms with E-state index in [1.165, 1.54) is 12.1 Å². The van der Waals surface area contributed by atoms with Crippen LogP contribution >= 0.6 is 0 Å². The minimum absolute atomic E-state index is 0.205. The van der Waals surface area contributed by atoms with Gasteiger partial charge < -0.3 is 14.2 Å². The van der Waals surface area contributed by atoms with Crippen molar-refractivity contribution in [3.05, 3.63) is 65.0 Å². The molecule has 4 rings (SSSR count). The number of halogens is 1. The van der Waals surface area contributed by atoms with Gasteiger partial charge in [-0.05, 0) is 38.4 Å². The highest BCUT2D eigenvalue weighted by Gasteiger charge is 2.32. The summed E-state index contributed by atoms with van der Waals surface area (Å²) >= 11 is 0. The predicted octanol–water partition coefficient (Wildman–Crippen LogP) is 4.35. The molecule has 0 radical (unpaired) electrons. The molecule has 2 heterocycles. The van der Waals surface area contributed by atoms with Crippen molar-refractivity contribution in [3.63, 3.8) is 0 Å². The minimum Gasteiger partial charge on any atom is -0.465 e. The highest BCUT2D eigenvalue weighted by atomic mass is 19.1. The van der Waals surface area contributed by atoms with E-state index in [-0.39, 0.29) is 24.4 Å². The van der Waals surface area contributed by atoms with Gasteiger partial charge >= 0.3 is 5.97 Å². The van der Waals surface area contributed by atoms with E-state index in [0.717, 1.165) is 36.9 Å². The van der Waals surface area contributed by atoms with Crippen molar-refractivity contribution in [2.45, 2.75) is 51.7 Å². The summed E-state index contributed by atoms with van der Waals surface area (Å²) in [6, 6.07) is 12.4. The van der Waals surface area contributed by atoms with Crippen LogP contribution in [0.4, 0.5) is 4.39 Å². The van der Waals surface area contributed by atoms with Crippen LogP contribution in [0.2, 0.25) is 0 Å². The third kappa shape index (κ3) is 4.43. The van der Waals surface area contributed by atoms with Gasteiger partial charge in [-0.2, -0.15) is 0 Å². The Balaban J connectivity index is 1.59. The molecule has 1 saturated heterocycles. The molecule has 1 fully saturated rings. The Morgan fingerprint density at radius 2 is 2.07 bits per heavy atom. The van der Waals surface area contributed by atoms with Crippen molar-refractivity contribution in [1.29, 1.82) is 0 Å². The van der Waals surface area contributed by atoms with E-state index in [4.69, 9.17) is 14.2 Å². The molecule has 6 heteroatoms. The molecule has 154 valence electrons.